The van der Waals surface area contributed by atoms with Gasteiger partial charge in [-0.25, -0.2) is 13.7 Å². The number of carbonyl (C=O) groups excluding carboxylic acids is 1. The highest BCUT2D eigenvalue weighted by Gasteiger charge is 2.43. The Balaban J connectivity index is 2.78. The molecule has 8 nitrogen and oxygen atoms in total. The lowest BCUT2D eigenvalue weighted by molar-refractivity contribution is 0.0543. The van der Waals surface area contributed by atoms with Crippen LogP contribution in [0.15, 0.2) is 30.5 Å². The fourth-order valence-electron chi connectivity index (χ4n) is 3.20. The molecule has 2 rings (SSSR count). The molecule has 1 heterocycles. The van der Waals surface area contributed by atoms with Crippen LogP contribution >= 0.6 is 7.60 Å². The number of carbonyl (C=O) groups is 1. The van der Waals surface area contributed by atoms with Gasteiger partial charge in [-0.3, -0.25) is 9.13 Å². The van der Waals surface area contributed by atoms with Gasteiger partial charge in [-0.15, -0.1) is 0 Å². The zero-order chi connectivity index (χ0) is 26.1. The highest BCUT2D eigenvalue weighted by atomic mass is 32.2. The first-order valence-electron chi connectivity index (χ1n) is 11.4. The zero-order valence-corrected chi connectivity index (χ0v) is 23.6. The van der Waals surface area contributed by atoms with Crippen molar-refractivity contribution < 1.29 is 27.4 Å². The van der Waals surface area contributed by atoms with Crippen LogP contribution in [0.2, 0.25) is 0 Å². The number of para-hydroxylation sites is 1. The van der Waals surface area contributed by atoms with Gasteiger partial charge in [0.15, 0.2) is 0 Å². The number of hydrogen-bond donors (Lipinski definition) is 1. The van der Waals surface area contributed by atoms with E-state index in [1.165, 1.54) is 4.57 Å². The maximum atomic E-state index is 14.3. The number of aromatic nitrogens is 1. The van der Waals surface area contributed by atoms with E-state index in [0.29, 0.717) is 16.5 Å². The van der Waals surface area contributed by atoms with E-state index >= 15 is 0 Å². The van der Waals surface area contributed by atoms with Crippen LogP contribution in [0.1, 0.15) is 80.6 Å². The highest BCUT2D eigenvalue weighted by Crippen LogP contribution is 2.62. The van der Waals surface area contributed by atoms with Gasteiger partial charge in [-0.2, -0.15) is 0 Å². The second kappa shape index (κ2) is 10.6. The second-order valence-corrected chi connectivity index (χ2v) is 14.7. The minimum atomic E-state index is -3.92. The summed E-state index contributed by atoms with van der Waals surface area (Å²) in [6, 6.07) is 7.21. The molecule has 2 atom stereocenters. The van der Waals surface area contributed by atoms with Gasteiger partial charge in [-0.1, -0.05) is 18.2 Å². The van der Waals surface area contributed by atoms with E-state index in [4.69, 9.17) is 13.8 Å². The summed E-state index contributed by atoms with van der Waals surface area (Å²) in [6.07, 6.45) is 0.151. The molecule has 0 saturated carbocycles. The van der Waals surface area contributed by atoms with E-state index in [1.54, 1.807) is 66.8 Å². The smallest absolute Gasteiger partial charge is 0.419 e. The van der Waals surface area contributed by atoms with E-state index in [-0.39, 0.29) is 0 Å². The van der Waals surface area contributed by atoms with Crippen LogP contribution in [-0.2, 0) is 29.3 Å². The van der Waals surface area contributed by atoms with E-state index in [1.807, 2.05) is 32.9 Å². The number of rotatable bonds is 8. The van der Waals surface area contributed by atoms with Gasteiger partial charge in [-0.05, 0) is 75.3 Å². The molecule has 1 N–H and O–H groups in total. The van der Waals surface area contributed by atoms with E-state index in [2.05, 4.69) is 4.72 Å². The summed E-state index contributed by atoms with van der Waals surface area (Å²) in [4.78, 5) is 13.0. The largest absolute Gasteiger partial charge is 0.443 e. The van der Waals surface area contributed by atoms with Crippen molar-refractivity contribution in [3.05, 3.63) is 36.0 Å². The van der Waals surface area contributed by atoms with Crippen molar-refractivity contribution in [3.63, 3.8) is 0 Å². The minimum absolute atomic E-state index is 0.420. The van der Waals surface area contributed by atoms with E-state index in [0.717, 1.165) is 0 Å². The van der Waals surface area contributed by atoms with Gasteiger partial charge in [0.2, 0.25) is 0 Å². The van der Waals surface area contributed by atoms with Crippen molar-refractivity contribution in [2.75, 3.05) is 0 Å². The van der Waals surface area contributed by atoms with Crippen molar-refractivity contribution in [1.29, 1.82) is 0 Å². The fourth-order valence-corrected chi connectivity index (χ4v) is 6.70. The maximum Gasteiger partial charge on any atom is 0.419 e. The van der Waals surface area contributed by atoms with Crippen molar-refractivity contribution in [2.24, 2.45) is 0 Å². The lowest BCUT2D eigenvalue weighted by Gasteiger charge is -2.32. The van der Waals surface area contributed by atoms with Crippen molar-refractivity contribution in [3.8, 4) is 0 Å². The first-order valence-corrected chi connectivity index (χ1v) is 14.2. The quantitative estimate of drug-likeness (QED) is 0.403. The monoisotopic (exact) mass is 514 g/mol. The van der Waals surface area contributed by atoms with Gasteiger partial charge in [0.25, 0.3) is 0 Å². The Morgan fingerprint density at radius 3 is 2.00 bits per heavy atom. The zero-order valence-electron chi connectivity index (χ0n) is 21.9. The molecule has 10 heteroatoms. The Kier molecular flexibility index (Phi) is 8.98. The number of nitrogens with zero attached hydrogens (tertiary/aromatic N) is 1. The molecule has 0 bridgehead atoms. The van der Waals surface area contributed by atoms with Crippen LogP contribution in [0, 0.1) is 0 Å². The number of ether oxygens (including phenoxy) is 1. The molecular formula is C24H39N2O6PS. The fraction of sp³-hybridized carbons (Fsp3) is 0.625. The maximum absolute atomic E-state index is 14.3. The molecule has 0 aliphatic rings. The van der Waals surface area contributed by atoms with Crippen LogP contribution in [0.25, 0.3) is 10.9 Å². The van der Waals surface area contributed by atoms with Gasteiger partial charge >= 0.3 is 13.7 Å². The summed E-state index contributed by atoms with van der Waals surface area (Å²) < 4.78 is 48.6. The molecule has 34 heavy (non-hydrogen) atoms. The van der Waals surface area contributed by atoms with Crippen LogP contribution < -0.4 is 4.72 Å². The Morgan fingerprint density at radius 1 is 1.00 bits per heavy atom. The Bertz CT molecular complexity index is 1070. The average Bonchev–Trinajstić information content (AvgIpc) is 3.01. The summed E-state index contributed by atoms with van der Waals surface area (Å²) in [5.41, 5.74) is 0.342. The topological polar surface area (TPSA) is 95.9 Å². The van der Waals surface area contributed by atoms with Crippen molar-refractivity contribution in [1.82, 2.24) is 9.29 Å². The summed E-state index contributed by atoms with van der Waals surface area (Å²) in [5.74, 6) is -1.09. The Hall–Kier alpha value is -1.51. The molecule has 2 aromatic rings. The molecule has 0 saturated heterocycles. The average molecular weight is 515 g/mol. The van der Waals surface area contributed by atoms with Gasteiger partial charge < -0.3 is 13.8 Å². The predicted octanol–water partition coefficient (Wildman–Crippen LogP) is 6.52. The normalized spacial score (nSPS) is 15.2. The van der Waals surface area contributed by atoms with Crippen LogP contribution in [0.4, 0.5) is 4.79 Å². The third-order valence-corrected chi connectivity index (χ3v) is 8.64. The van der Waals surface area contributed by atoms with E-state index in [9.17, 15) is 13.6 Å². The molecule has 0 fully saturated rings. The standard InChI is InChI=1S/C24H39N2O6PS/c1-16(2)31-33(28,32-17(3)4)21(25-34(29)24(8,9)10)19-15-26(22(27)30-23(5,6)7)20-14-12-11-13-18(19)20/h11-17,21,25H,1-10H3/t21-,34+/m0/s1. The van der Waals surface area contributed by atoms with Crippen molar-refractivity contribution in [2.45, 2.75) is 97.6 Å². The highest BCUT2D eigenvalue weighted by molar-refractivity contribution is 7.84. The number of benzene rings is 1. The molecule has 0 aliphatic heterocycles. The predicted molar refractivity (Wildman–Crippen MR) is 137 cm³/mol. The van der Waals surface area contributed by atoms with Gasteiger partial charge in [0.05, 0.1) is 33.5 Å². The minimum Gasteiger partial charge on any atom is -0.443 e. The number of hydrogen-bond acceptors (Lipinski definition) is 6. The molecule has 192 valence electrons. The third kappa shape index (κ3) is 7.25. The van der Waals surface area contributed by atoms with Gasteiger partial charge in [0, 0.05) is 17.1 Å². The molecule has 0 spiro atoms. The van der Waals surface area contributed by atoms with E-state index < -0.39 is 53.0 Å². The summed E-state index contributed by atoms with van der Waals surface area (Å²) in [7, 11) is -5.53. The molecule has 1 aromatic carbocycles. The number of fused-ring (bicyclic) bond motifs is 1. The molecular weight excluding hydrogens is 475 g/mol. The molecule has 0 aliphatic carbocycles. The van der Waals surface area contributed by atoms with Crippen molar-refractivity contribution >= 4 is 35.6 Å². The summed E-state index contributed by atoms with van der Waals surface area (Å²) in [6.45, 7) is 17.9. The molecule has 1 aromatic heterocycles. The molecule has 0 unspecified atom stereocenters. The first-order chi connectivity index (χ1) is 15.4. The first kappa shape index (κ1) is 28.7. The Morgan fingerprint density at radius 2 is 1.53 bits per heavy atom. The summed E-state index contributed by atoms with van der Waals surface area (Å²) >= 11 is 0. The lowest BCUT2D eigenvalue weighted by Crippen LogP contribution is -2.36. The summed E-state index contributed by atoms with van der Waals surface area (Å²) in [5, 5.41) is 0.650. The van der Waals surface area contributed by atoms with Crippen LogP contribution in [0.5, 0.6) is 0 Å². The third-order valence-electron chi connectivity index (χ3n) is 4.43. The Labute approximate surface area is 205 Å². The van der Waals surface area contributed by atoms with Crippen LogP contribution in [-0.4, -0.2) is 37.4 Å². The SMILES string of the molecule is CC(C)OP(=O)(OC(C)C)[C@H](N[S@](=O)C(C)(C)C)c1cn(C(=O)OC(C)(C)C)c2ccccc12. The second-order valence-electron chi connectivity index (χ2n) is 10.7. The van der Waals surface area contributed by atoms with Crippen LogP contribution in [0.3, 0.4) is 0 Å². The molecule has 0 amide bonds. The van der Waals surface area contributed by atoms with Gasteiger partial charge in [0.1, 0.15) is 11.4 Å². The lowest BCUT2D eigenvalue weighted by atomic mass is 10.2. The number of nitrogens with one attached hydrogen (secondary N) is 1. The molecule has 0 radical (unpaired) electrons.